The summed E-state index contributed by atoms with van der Waals surface area (Å²) in [5.74, 6) is 4.84. The van der Waals surface area contributed by atoms with Crippen LogP contribution in [-0.2, 0) is 0 Å². The van der Waals surface area contributed by atoms with E-state index in [1.54, 1.807) is 0 Å². The molecule has 0 amide bonds. The highest BCUT2D eigenvalue weighted by Gasteiger charge is 2.66. The summed E-state index contributed by atoms with van der Waals surface area (Å²) in [6.07, 6.45) is 4.49. The summed E-state index contributed by atoms with van der Waals surface area (Å²) >= 11 is 6.66. The number of hydrogen-bond donors (Lipinski definition) is 0. The molecule has 5 unspecified atom stereocenters. The standard InChI is InChI=1S/C15H17Cl/c16-15(9-4-2-1-3-5-9)14-12-10-6-7-11(8-10)13(12)14/h1-5,10-15H,6-8H2. The molecular formula is C15H17Cl. The van der Waals surface area contributed by atoms with Crippen molar-refractivity contribution in [2.45, 2.75) is 24.6 Å². The van der Waals surface area contributed by atoms with E-state index in [9.17, 15) is 0 Å². The Kier molecular flexibility index (Phi) is 1.94. The molecule has 0 nitrogen and oxygen atoms in total. The Morgan fingerprint density at radius 2 is 1.62 bits per heavy atom. The van der Waals surface area contributed by atoms with Gasteiger partial charge in [-0.05, 0) is 54.4 Å². The third-order valence-corrected chi connectivity index (χ3v) is 5.79. The van der Waals surface area contributed by atoms with Gasteiger partial charge in [0, 0.05) is 0 Å². The second-order valence-corrected chi connectivity index (χ2v) is 6.35. The molecule has 0 aliphatic heterocycles. The minimum atomic E-state index is 0.277. The van der Waals surface area contributed by atoms with Crippen molar-refractivity contribution in [3.8, 4) is 0 Å². The molecular weight excluding hydrogens is 216 g/mol. The van der Waals surface area contributed by atoms with Crippen LogP contribution < -0.4 is 0 Å². The smallest absolute Gasteiger partial charge is 0.0619 e. The number of alkyl halides is 1. The fourth-order valence-corrected chi connectivity index (χ4v) is 5.12. The summed E-state index contributed by atoms with van der Waals surface area (Å²) in [5, 5.41) is 0.277. The zero-order valence-electron chi connectivity index (χ0n) is 9.35. The Morgan fingerprint density at radius 3 is 2.25 bits per heavy atom. The van der Waals surface area contributed by atoms with Gasteiger partial charge in [0.05, 0.1) is 5.38 Å². The maximum atomic E-state index is 6.66. The summed E-state index contributed by atoms with van der Waals surface area (Å²) in [4.78, 5) is 0. The van der Waals surface area contributed by atoms with Crippen molar-refractivity contribution in [1.82, 2.24) is 0 Å². The van der Waals surface area contributed by atoms with Crippen molar-refractivity contribution < 1.29 is 0 Å². The Morgan fingerprint density at radius 1 is 1.00 bits per heavy atom. The van der Waals surface area contributed by atoms with Crippen LogP contribution in [0.4, 0.5) is 0 Å². The van der Waals surface area contributed by atoms with E-state index in [-0.39, 0.29) is 5.38 Å². The largest absolute Gasteiger partial charge is 0.117 e. The average Bonchev–Trinajstić information content (AvgIpc) is 2.77. The molecule has 0 N–H and O–H groups in total. The van der Waals surface area contributed by atoms with Crippen LogP contribution in [0.5, 0.6) is 0 Å². The van der Waals surface area contributed by atoms with Gasteiger partial charge in [-0.3, -0.25) is 0 Å². The molecule has 0 saturated heterocycles. The minimum Gasteiger partial charge on any atom is -0.117 e. The predicted octanol–water partition coefficient (Wildman–Crippen LogP) is 4.26. The van der Waals surface area contributed by atoms with Crippen LogP contribution in [0, 0.1) is 29.6 Å². The van der Waals surface area contributed by atoms with Crippen LogP contribution in [-0.4, -0.2) is 0 Å². The maximum absolute atomic E-state index is 6.66. The van der Waals surface area contributed by atoms with Crippen molar-refractivity contribution in [1.29, 1.82) is 0 Å². The van der Waals surface area contributed by atoms with Crippen LogP contribution in [0.3, 0.4) is 0 Å². The lowest BCUT2D eigenvalue weighted by Gasteiger charge is -2.14. The maximum Gasteiger partial charge on any atom is 0.0619 e. The van der Waals surface area contributed by atoms with Crippen molar-refractivity contribution >= 4 is 11.6 Å². The molecule has 0 aromatic heterocycles. The van der Waals surface area contributed by atoms with E-state index < -0.39 is 0 Å². The Bertz CT molecular complexity index is 383. The zero-order chi connectivity index (χ0) is 10.7. The monoisotopic (exact) mass is 232 g/mol. The van der Waals surface area contributed by atoms with Gasteiger partial charge in [0.1, 0.15) is 0 Å². The molecule has 2 bridgehead atoms. The fourth-order valence-electron chi connectivity index (χ4n) is 4.64. The lowest BCUT2D eigenvalue weighted by molar-refractivity contribution is 0.455. The lowest BCUT2D eigenvalue weighted by Crippen LogP contribution is -2.04. The summed E-state index contributed by atoms with van der Waals surface area (Å²) in [6, 6.07) is 10.7. The third-order valence-electron chi connectivity index (χ3n) is 5.25. The van der Waals surface area contributed by atoms with E-state index in [1.165, 1.54) is 24.8 Å². The van der Waals surface area contributed by atoms with Gasteiger partial charge < -0.3 is 0 Å². The van der Waals surface area contributed by atoms with Gasteiger partial charge in [-0.2, -0.15) is 0 Å². The van der Waals surface area contributed by atoms with Gasteiger partial charge >= 0.3 is 0 Å². The van der Waals surface area contributed by atoms with Gasteiger partial charge in [-0.15, -0.1) is 11.6 Å². The summed E-state index contributed by atoms with van der Waals surface area (Å²) < 4.78 is 0. The Hall–Kier alpha value is -0.490. The van der Waals surface area contributed by atoms with Crippen LogP contribution >= 0.6 is 11.6 Å². The highest BCUT2D eigenvalue weighted by molar-refractivity contribution is 6.21. The van der Waals surface area contributed by atoms with E-state index in [0.717, 1.165) is 29.6 Å². The van der Waals surface area contributed by atoms with Crippen molar-refractivity contribution in [2.75, 3.05) is 0 Å². The van der Waals surface area contributed by atoms with Gasteiger partial charge in [0.25, 0.3) is 0 Å². The van der Waals surface area contributed by atoms with E-state index in [4.69, 9.17) is 11.6 Å². The molecule has 3 aliphatic rings. The van der Waals surface area contributed by atoms with E-state index in [1.807, 2.05) is 0 Å². The summed E-state index contributed by atoms with van der Waals surface area (Å²) in [6.45, 7) is 0. The first-order chi connectivity index (χ1) is 7.86. The second-order valence-electron chi connectivity index (χ2n) is 5.88. The van der Waals surface area contributed by atoms with Gasteiger partial charge in [-0.25, -0.2) is 0 Å². The number of benzene rings is 1. The summed E-state index contributed by atoms with van der Waals surface area (Å²) in [5.41, 5.74) is 1.34. The molecule has 0 spiro atoms. The SMILES string of the molecule is ClC(c1ccccc1)C1C2C3CCC(C3)C21. The molecule has 1 aromatic carbocycles. The van der Waals surface area contributed by atoms with E-state index >= 15 is 0 Å². The van der Waals surface area contributed by atoms with Crippen molar-refractivity contribution in [2.24, 2.45) is 29.6 Å². The topological polar surface area (TPSA) is 0 Å². The molecule has 0 radical (unpaired) electrons. The molecule has 1 heteroatoms. The summed E-state index contributed by atoms with van der Waals surface area (Å²) in [7, 11) is 0. The van der Waals surface area contributed by atoms with Gasteiger partial charge in [0.2, 0.25) is 0 Å². The molecule has 3 aliphatic carbocycles. The number of fused-ring (bicyclic) bond motifs is 5. The number of hydrogen-bond acceptors (Lipinski definition) is 0. The first-order valence-electron chi connectivity index (χ1n) is 6.55. The number of rotatable bonds is 2. The van der Waals surface area contributed by atoms with Crippen LogP contribution in [0.25, 0.3) is 0 Å². The quantitative estimate of drug-likeness (QED) is 0.669. The first kappa shape index (κ1) is 9.53. The highest BCUT2D eigenvalue weighted by Crippen LogP contribution is 2.73. The highest BCUT2D eigenvalue weighted by atomic mass is 35.5. The normalized spacial score (nSPS) is 45.4. The van der Waals surface area contributed by atoms with Crippen molar-refractivity contribution in [3.05, 3.63) is 35.9 Å². The predicted molar refractivity (Wildman–Crippen MR) is 66.3 cm³/mol. The van der Waals surface area contributed by atoms with E-state index in [0.29, 0.717) is 0 Å². The molecule has 16 heavy (non-hydrogen) atoms. The number of halogens is 1. The minimum absolute atomic E-state index is 0.277. The van der Waals surface area contributed by atoms with Crippen LogP contribution in [0.15, 0.2) is 30.3 Å². The first-order valence-corrected chi connectivity index (χ1v) is 6.99. The van der Waals surface area contributed by atoms with Crippen LogP contribution in [0.2, 0.25) is 0 Å². The third kappa shape index (κ3) is 1.17. The van der Waals surface area contributed by atoms with E-state index in [2.05, 4.69) is 30.3 Å². The molecule has 5 atom stereocenters. The Balaban J connectivity index is 1.57. The van der Waals surface area contributed by atoms with Crippen molar-refractivity contribution in [3.63, 3.8) is 0 Å². The Labute approximate surface area is 102 Å². The molecule has 3 saturated carbocycles. The lowest BCUT2D eigenvalue weighted by atomic mass is 9.97. The average molecular weight is 233 g/mol. The van der Waals surface area contributed by atoms with Gasteiger partial charge in [-0.1, -0.05) is 30.3 Å². The zero-order valence-corrected chi connectivity index (χ0v) is 10.1. The molecule has 3 fully saturated rings. The fraction of sp³-hybridized carbons (Fsp3) is 0.600. The molecule has 4 rings (SSSR count). The van der Waals surface area contributed by atoms with Gasteiger partial charge in [0.15, 0.2) is 0 Å². The second kappa shape index (κ2) is 3.26. The molecule has 0 heterocycles. The molecule has 1 aromatic rings. The van der Waals surface area contributed by atoms with Crippen LogP contribution in [0.1, 0.15) is 30.2 Å². The molecule has 84 valence electrons.